The van der Waals surface area contributed by atoms with Crippen LogP contribution in [0.2, 0.25) is 5.02 Å². The van der Waals surface area contributed by atoms with Crippen molar-refractivity contribution in [2.75, 3.05) is 18.1 Å². The van der Waals surface area contributed by atoms with Gasteiger partial charge in [-0.15, -0.1) is 6.58 Å². The van der Waals surface area contributed by atoms with Crippen molar-refractivity contribution in [1.82, 2.24) is 5.32 Å². The summed E-state index contributed by atoms with van der Waals surface area (Å²) in [6, 6.07) is 8.84. The van der Waals surface area contributed by atoms with E-state index in [2.05, 4.69) is 18.5 Å². The quantitative estimate of drug-likeness (QED) is 0.329. The number of anilines is 1. The summed E-state index contributed by atoms with van der Waals surface area (Å²) in [5.41, 5.74) is 1.33. The summed E-state index contributed by atoms with van der Waals surface area (Å²) >= 11 is 6.01. The topological polar surface area (TPSA) is 84.9 Å². The first kappa shape index (κ1) is 23.8. The molecule has 0 atom stereocenters. The number of hydrogen-bond acceptors (Lipinski definition) is 5. The maximum absolute atomic E-state index is 13.1. The molecule has 1 aliphatic rings. The lowest BCUT2D eigenvalue weighted by molar-refractivity contribution is -0.122. The van der Waals surface area contributed by atoms with Gasteiger partial charge in [-0.1, -0.05) is 36.4 Å². The summed E-state index contributed by atoms with van der Waals surface area (Å²) in [4.78, 5) is 38.9. The Morgan fingerprint density at radius 3 is 2.55 bits per heavy atom. The number of urea groups is 1. The van der Waals surface area contributed by atoms with E-state index >= 15 is 0 Å². The Morgan fingerprint density at radius 1 is 1.09 bits per heavy atom. The molecule has 1 saturated heterocycles. The van der Waals surface area contributed by atoms with Gasteiger partial charge < -0.3 is 9.47 Å². The van der Waals surface area contributed by atoms with Crippen molar-refractivity contribution in [3.63, 3.8) is 0 Å². The molecule has 7 nitrogen and oxygen atoms in total. The van der Waals surface area contributed by atoms with Crippen molar-refractivity contribution in [3.8, 4) is 11.5 Å². The van der Waals surface area contributed by atoms with Crippen LogP contribution >= 0.6 is 11.6 Å². The van der Waals surface area contributed by atoms with Gasteiger partial charge in [0.1, 0.15) is 12.2 Å². The SMILES string of the molecule is C=CCOc1c(CC=C)cc(/C=C2\C(=O)NC(=O)N(c3cccc(Cl)c3)C2=O)cc1OCC. The van der Waals surface area contributed by atoms with E-state index in [1.807, 2.05) is 6.92 Å². The van der Waals surface area contributed by atoms with E-state index in [-0.39, 0.29) is 17.9 Å². The average molecular weight is 467 g/mol. The summed E-state index contributed by atoms with van der Waals surface area (Å²) in [7, 11) is 0. The van der Waals surface area contributed by atoms with Crippen LogP contribution < -0.4 is 19.7 Å². The molecule has 0 saturated carbocycles. The van der Waals surface area contributed by atoms with Crippen molar-refractivity contribution in [2.24, 2.45) is 0 Å². The van der Waals surface area contributed by atoms with Gasteiger partial charge in [0.05, 0.1) is 12.3 Å². The van der Waals surface area contributed by atoms with Crippen LogP contribution in [0.4, 0.5) is 10.5 Å². The van der Waals surface area contributed by atoms with E-state index in [0.29, 0.717) is 35.1 Å². The molecule has 0 bridgehead atoms. The van der Waals surface area contributed by atoms with Crippen molar-refractivity contribution in [2.45, 2.75) is 13.3 Å². The van der Waals surface area contributed by atoms with Crippen molar-refractivity contribution < 1.29 is 23.9 Å². The van der Waals surface area contributed by atoms with E-state index in [1.54, 1.807) is 42.5 Å². The summed E-state index contributed by atoms with van der Waals surface area (Å²) in [5, 5.41) is 2.55. The van der Waals surface area contributed by atoms with Crippen LogP contribution in [-0.2, 0) is 16.0 Å². The number of nitrogens with one attached hydrogen (secondary N) is 1. The fourth-order valence-electron chi connectivity index (χ4n) is 3.32. The molecule has 1 fully saturated rings. The Hall–Kier alpha value is -3.84. The Morgan fingerprint density at radius 2 is 1.88 bits per heavy atom. The fraction of sp³-hybridized carbons (Fsp3) is 0.160. The number of imide groups is 2. The van der Waals surface area contributed by atoms with E-state index in [0.717, 1.165) is 10.5 Å². The number of rotatable bonds is 9. The molecule has 8 heteroatoms. The van der Waals surface area contributed by atoms with Gasteiger partial charge in [0.15, 0.2) is 11.5 Å². The molecular formula is C25H23ClN2O5. The minimum absolute atomic E-state index is 0.207. The van der Waals surface area contributed by atoms with Crippen LogP contribution in [0.1, 0.15) is 18.1 Å². The second kappa shape index (κ2) is 10.7. The van der Waals surface area contributed by atoms with E-state index in [4.69, 9.17) is 21.1 Å². The average Bonchev–Trinajstić information content (AvgIpc) is 2.76. The molecule has 2 aromatic rings. The van der Waals surface area contributed by atoms with Crippen molar-refractivity contribution in [1.29, 1.82) is 0 Å². The smallest absolute Gasteiger partial charge is 0.335 e. The molecule has 2 aromatic carbocycles. The van der Waals surface area contributed by atoms with Gasteiger partial charge in [-0.25, -0.2) is 9.69 Å². The molecule has 170 valence electrons. The van der Waals surface area contributed by atoms with Crippen LogP contribution in [0.15, 0.2) is 67.3 Å². The van der Waals surface area contributed by atoms with Gasteiger partial charge in [-0.3, -0.25) is 14.9 Å². The fourth-order valence-corrected chi connectivity index (χ4v) is 3.50. The number of nitrogens with zero attached hydrogens (tertiary/aromatic N) is 1. The number of hydrogen-bond donors (Lipinski definition) is 1. The summed E-state index contributed by atoms with van der Waals surface area (Å²) in [6.45, 7) is 9.94. The number of barbiturate groups is 1. The monoisotopic (exact) mass is 466 g/mol. The highest BCUT2D eigenvalue weighted by Gasteiger charge is 2.37. The number of amides is 4. The lowest BCUT2D eigenvalue weighted by Crippen LogP contribution is -2.54. The van der Waals surface area contributed by atoms with Crippen molar-refractivity contribution >= 4 is 41.2 Å². The third kappa shape index (κ3) is 5.32. The van der Waals surface area contributed by atoms with Crippen molar-refractivity contribution in [3.05, 3.63) is 83.4 Å². The summed E-state index contributed by atoms with van der Waals surface area (Å²) in [5.74, 6) is -0.564. The molecule has 1 N–H and O–H groups in total. The number of ether oxygens (including phenoxy) is 2. The number of carbonyl (C=O) groups excluding carboxylic acids is 3. The third-order valence-corrected chi connectivity index (χ3v) is 4.88. The number of carbonyl (C=O) groups is 3. The highest BCUT2D eigenvalue weighted by Crippen LogP contribution is 2.35. The Balaban J connectivity index is 2.08. The predicted octanol–water partition coefficient (Wildman–Crippen LogP) is 4.70. The zero-order chi connectivity index (χ0) is 24.0. The first-order valence-corrected chi connectivity index (χ1v) is 10.6. The van der Waals surface area contributed by atoms with Gasteiger partial charge in [-0.05, 0) is 55.3 Å². The molecule has 0 aromatic heterocycles. The highest BCUT2D eigenvalue weighted by molar-refractivity contribution is 6.39. The molecule has 1 aliphatic heterocycles. The normalized spacial score (nSPS) is 14.8. The molecule has 1 heterocycles. The second-order valence-electron chi connectivity index (χ2n) is 6.97. The van der Waals surface area contributed by atoms with Crippen LogP contribution in [0.3, 0.4) is 0 Å². The largest absolute Gasteiger partial charge is 0.490 e. The molecular weight excluding hydrogens is 444 g/mol. The number of benzene rings is 2. The van der Waals surface area contributed by atoms with Crippen LogP contribution in [0.5, 0.6) is 11.5 Å². The highest BCUT2D eigenvalue weighted by atomic mass is 35.5. The zero-order valence-corrected chi connectivity index (χ0v) is 18.9. The van der Waals surface area contributed by atoms with E-state index < -0.39 is 17.8 Å². The Labute approximate surface area is 196 Å². The molecule has 0 spiro atoms. The molecule has 0 radical (unpaired) electrons. The molecule has 4 amide bonds. The Bertz CT molecular complexity index is 1160. The van der Waals surface area contributed by atoms with Gasteiger partial charge in [0.2, 0.25) is 0 Å². The van der Waals surface area contributed by atoms with E-state index in [9.17, 15) is 14.4 Å². The second-order valence-corrected chi connectivity index (χ2v) is 7.41. The summed E-state index contributed by atoms with van der Waals surface area (Å²) < 4.78 is 11.5. The predicted molar refractivity (Wildman–Crippen MR) is 128 cm³/mol. The van der Waals surface area contributed by atoms with Gasteiger partial charge >= 0.3 is 6.03 Å². The first-order valence-electron chi connectivity index (χ1n) is 10.2. The minimum Gasteiger partial charge on any atom is -0.490 e. The molecule has 0 unspecified atom stereocenters. The first-order chi connectivity index (χ1) is 15.9. The lowest BCUT2D eigenvalue weighted by Gasteiger charge is -2.26. The maximum atomic E-state index is 13.1. The van der Waals surface area contributed by atoms with Gasteiger partial charge in [0.25, 0.3) is 11.8 Å². The minimum atomic E-state index is -0.847. The summed E-state index contributed by atoms with van der Waals surface area (Å²) in [6.07, 6.45) is 5.21. The Kier molecular flexibility index (Phi) is 7.69. The molecule has 33 heavy (non-hydrogen) atoms. The zero-order valence-electron chi connectivity index (χ0n) is 18.1. The molecule has 0 aliphatic carbocycles. The van der Waals surface area contributed by atoms with Crippen LogP contribution in [0.25, 0.3) is 6.08 Å². The lowest BCUT2D eigenvalue weighted by atomic mass is 10.0. The van der Waals surface area contributed by atoms with Crippen LogP contribution in [-0.4, -0.2) is 31.1 Å². The third-order valence-electron chi connectivity index (χ3n) is 4.64. The number of halogens is 1. The standard InChI is InChI=1S/C25H23ClN2O5/c1-4-8-17-12-16(14-21(32-6-3)22(17)33-11-5-2)13-20-23(29)27-25(31)28(24(20)30)19-10-7-9-18(26)15-19/h4-5,7,9-10,12-15H,1-2,6,8,11H2,3H3,(H,27,29,31)/b20-13+. The van der Waals surface area contributed by atoms with Crippen LogP contribution in [0, 0.1) is 0 Å². The van der Waals surface area contributed by atoms with Gasteiger partial charge in [0, 0.05) is 10.6 Å². The van der Waals surface area contributed by atoms with E-state index in [1.165, 1.54) is 12.1 Å². The maximum Gasteiger partial charge on any atom is 0.335 e. The number of allylic oxidation sites excluding steroid dienone is 1. The van der Waals surface area contributed by atoms with Gasteiger partial charge in [-0.2, -0.15) is 0 Å². The molecule has 3 rings (SSSR count).